The Kier molecular flexibility index (Phi) is 13.3. The molecule has 0 fully saturated rings. The highest BCUT2D eigenvalue weighted by atomic mass is 16.6. The van der Waals surface area contributed by atoms with Gasteiger partial charge in [0.1, 0.15) is 17.2 Å². The number of amides is 3. The molecule has 0 heterocycles. The Balaban J connectivity index is 1.63. The molecular formula is C36H46N4O6. The molecule has 10 nitrogen and oxygen atoms in total. The van der Waals surface area contributed by atoms with Crippen LogP contribution in [0.15, 0.2) is 91.0 Å². The minimum atomic E-state index is -1.04. The average molecular weight is 631 g/mol. The molecule has 0 saturated carbocycles. The van der Waals surface area contributed by atoms with Gasteiger partial charge in [-0.2, -0.15) is 0 Å². The molecule has 246 valence electrons. The second-order valence-corrected chi connectivity index (χ2v) is 12.1. The van der Waals surface area contributed by atoms with E-state index in [2.05, 4.69) is 16.0 Å². The molecule has 0 radical (unpaired) electrons. The molecule has 2 unspecified atom stereocenters. The van der Waals surface area contributed by atoms with Crippen molar-refractivity contribution in [3.05, 3.63) is 108 Å². The van der Waals surface area contributed by atoms with Gasteiger partial charge >= 0.3 is 12.1 Å². The number of carbonyl (C=O) groups excluding carboxylic acids is 4. The van der Waals surface area contributed by atoms with Crippen molar-refractivity contribution in [1.82, 2.24) is 16.0 Å². The predicted octanol–water partition coefficient (Wildman–Crippen LogP) is 4.56. The highest BCUT2D eigenvalue weighted by molar-refractivity contribution is 5.88. The van der Waals surface area contributed by atoms with Crippen molar-refractivity contribution in [3.63, 3.8) is 0 Å². The van der Waals surface area contributed by atoms with Crippen LogP contribution in [0.5, 0.6) is 0 Å². The standard InChI is InChI=1S/C36H46N4O6/c1-35(2,3)46-34(44)38-25-15-14-22-30(33(43)45-4)39-32(42)29(37)23-24-31(41)40-36(26-16-8-5-9-17-26,27-18-10-6-11-19-27)28-20-12-7-13-21-28/h5-13,16-21,29-30H,14-15,22-25,37H2,1-4H3,(H,38,44)(H,39,42)(H,40,41). The molecule has 0 saturated heterocycles. The van der Waals surface area contributed by atoms with Gasteiger partial charge in [0.25, 0.3) is 0 Å². The van der Waals surface area contributed by atoms with Crippen LogP contribution in [0.4, 0.5) is 4.79 Å². The summed E-state index contributed by atoms with van der Waals surface area (Å²) in [6.45, 7) is 5.68. The molecule has 3 aromatic carbocycles. The number of alkyl carbamates (subject to hydrolysis) is 1. The van der Waals surface area contributed by atoms with E-state index < -0.39 is 41.2 Å². The van der Waals surface area contributed by atoms with Gasteiger partial charge in [-0.1, -0.05) is 91.0 Å². The van der Waals surface area contributed by atoms with Crippen molar-refractivity contribution in [2.24, 2.45) is 5.73 Å². The summed E-state index contributed by atoms with van der Waals surface area (Å²) in [6.07, 6.45) is 0.875. The van der Waals surface area contributed by atoms with E-state index in [4.69, 9.17) is 15.2 Å². The monoisotopic (exact) mass is 630 g/mol. The summed E-state index contributed by atoms with van der Waals surface area (Å²) in [6, 6.07) is 27.2. The number of carbonyl (C=O) groups is 4. The topological polar surface area (TPSA) is 149 Å². The van der Waals surface area contributed by atoms with Crippen LogP contribution in [-0.4, -0.2) is 55.2 Å². The Morgan fingerprint density at radius 1 is 0.761 bits per heavy atom. The van der Waals surface area contributed by atoms with E-state index in [1.54, 1.807) is 20.8 Å². The summed E-state index contributed by atoms with van der Waals surface area (Å²) < 4.78 is 10.1. The fourth-order valence-electron chi connectivity index (χ4n) is 5.12. The smallest absolute Gasteiger partial charge is 0.407 e. The molecule has 10 heteroatoms. The Bertz CT molecular complexity index is 1310. The van der Waals surface area contributed by atoms with Gasteiger partial charge in [0.15, 0.2) is 0 Å². The average Bonchev–Trinajstić information content (AvgIpc) is 3.05. The van der Waals surface area contributed by atoms with Crippen LogP contribution in [0.2, 0.25) is 0 Å². The number of methoxy groups -OCH3 is 1. The maximum absolute atomic E-state index is 13.6. The van der Waals surface area contributed by atoms with Crippen LogP contribution >= 0.6 is 0 Å². The summed E-state index contributed by atoms with van der Waals surface area (Å²) in [5.41, 5.74) is 7.26. The number of benzene rings is 3. The highest BCUT2D eigenvalue weighted by Gasteiger charge is 2.38. The first-order valence-electron chi connectivity index (χ1n) is 15.5. The number of hydrogen-bond acceptors (Lipinski definition) is 7. The van der Waals surface area contributed by atoms with Crippen molar-refractivity contribution >= 4 is 23.9 Å². The van der Waals surface area contributed by atoms with Crippen LogP contribution in [0.1, 0.15) is 69.6 Å². The largest absolute Gasteiger partial charge is 0.467 e. The molecule has 0 spiro atoms. The van der Waals surface area contributed by atoms with Gasteiger partial charge in [-0.3, -0.25) is 9.59 Å². The third-order valence-electron chi connectivity index (χ3n) is 7.36. The van der Waals surface area contributed by atoms with Crippen molar-refractivity contribution in [3.8, 4) is 0 Å². The zero-order chi connectivity index (χ0) is 33.6. The van der Waals surface area contributed by atoms with Gasteiger partial charge in [0.05, 0.1) is 13.2 Å². The predicted molar refractivity (Wildman–Crippen MR) is 177 cm³/mol. The van der Waals surface area contributed by atoms with Gasteiger partial charge < -0.3 is 31.2 Å². The second-order valence-electron chi connectivity index (χ2n) is 12.1. The third kappa shape index (κ3) is 10.4. The van der Waals surface area contributed by atoms with E-state index in [0.717, 1.165) is 16.7 Å². The quantitative estimate of drug-likeness (QED) is 0.109. The Hall–Kier alpha value is -4.70. The lowest BCUT2D eigenvalue weighted by Crippen LogP contribution is -2.50. The SMILES string of the molecule is COC(=O)C(CCCCNC(=O)OC(C)(C)C)NC(=O)C(N)CCC(=O)NC(c1ccccc1)(c1ccccc1)c1ccccc1. The number of ether oxygens (including phenoxy) is 2. The van der Waals surface area contributed by atoms with Crippen LogP contribution in [-0.2, 0) is 29.4 Å². The first-order chi connectivity index (χ1) is 22.0. The number of nitrogens with two attached hydrogens (primary N) is 1. The number of nitrogens with one attached hydrogen (secondary N) is 3. The van der Waals surface area contributed by atoms with Crippen molar-refractivity contribution < 1.29 is 28.7 Å². The molecule has 2 atom stereocenters. The zero-order valence-corrected chi connectivity index (χ0v) is 27.1. The Labute approximate surface area is 271 Å². The van der Waals surface area contributed by atoms with E-state index in [1.807, 2.05) is 91.0 Å². The molecule has 0 aliphatic rings. The summed E-state index contributed by atoms with van der Waals surface area (Å²) in [4.78, 5) is 50.8. The molecule has 3 amide bonds. The van der Waals surface area contributed by atoms with Crippen molar-refractivity contribution in [2.45, 2.75) is 76.1 Å². The van der Waals surface area contributed by atoms with Gasteiger partial charge in [-0.25, -0.2) is 9.59 Å². The second kappa shape index (κ2) is 17.1. The fourth-order valence-corrected chi connectivity index (χ4v) is 5.12. The van der Waals surface area contributed by atoms with E-state index in [0.29, 0.717) is 19.4 Å². The number of esters is 1. The van der Waals surface area contributed by atoms with Crippen LogP contribution < -0.4 is 21.7 Å². The lowest BCUT2D eigenvalue weighted by atomic mass is 9.77. The Morgan fingerprint density at radius 3 is 1.72 bits per heavy atom. The maximum Gasteiger partial charge on any atom is 0.407 e. The first kappa shape index (κ1) is 35.8. The highest BCUT2D eigenvalue weighted by Crippen LogP contribution is 2.36. The van der Waals surface area contributed by atoms with E-state index in [9.17, 15) is 19.2 Å². The molecule has 46 heavy (non-hydrogen) atoms. The lowest BCUT2D eigenvalue weighted by Gasteiger charge is -2.37. The van der Waals surface area contributed by atoms with Gasteiger partial charge in [0, 0.05) is 13.0 Å². The molecule has 0 aliphatic heterocycles. The normalized spacial score (nSPS) is 12.7. The summed E-state index contributed by atoms with van der Waals surface area (Å²) in [5, 5.41) is 8.60. The molecular weight excluding hydrogens is 584 g/mol. The fraction of sp³-hybridized carbons (Fsp3) is 0.389. The summed E-state index contributed by atoms with van der Waals surface area (Å²) >= 11 is 0. The third-order valence-corrected chi connectivity index (χ3v) is 7.36. The van der Waals surface area contributed by atoms with Crippen LogP contribution in [0.3, 0.4) is 0 Å². The minimum Gasteiger partial charge on any atom is -0.467 e. The van der Waals surface area contributed by atoms with Gasteiger partial charge in [-0.05, 0) is 63.1 Å². The van der Waals surface area contributed by atoms with Crippen LogP contribution in [0.25, 0.3) is 0 Å². The lowest BCUT2D eigenvalue weighted by molar-refractivity contribution is -0.145. The molecule has 0 bridgehead atoms. The maximum atomic E-state index is 13.6. The molecule has 0 aliphatic carbocycles. The van der Waals surface area contributed by atoms with E-state index in [-0.39, 0.29) is 25.2 Å². The van der Waals surface area contributed by atoms with Gasteiger partial charge in [-0.15, -0.1) is 0 Å². The molecule has 5 N–H and O–H groups in total. The zero-order valence-electron chi connectivity index (χ0n) is 27.1. The number of unbranched alkanes of at least 4 members (excludes halogenated alkanes) is 1. The minimum absolute atomic E-state index is 0.0257. The molecule has 3 aromatic rings. The van der Waals surface area contributed by atoms with Crippen molar-refractivity contribution in [2.75, 3.05) is 13.7 Å². The number of hydrogen-bond donors (Lipinski definition) is 4. The first-order valence-corrected chi connectivity index (χ1v) is 15.5. The molecule has 0 aromatic heterocycles. The summed E-state index contributed by atoms with van der Waals surface area (Å²) in [5.74, 6) is -1.45. The van der Waals surface area contributed by atoms with E-state index >= 15 is 0 Å². The van der Waals surface area contributed by atoms with E-state index in [1.165, 1.54) is 7.11 Å². The van der Waals surface area contributed by atoms with Gasteiger partial charge in [0.2, 0.25) is 11.8 Å². The Morgan fingerprint density at radius 2 is 1.26 bits per heavy atom. The summed E-state index contributed by atoms with van der Waals surface area (Å²) in [7, 11) is 1.24. The van der Waals surface area contributed by atoms with Crippen molar-refractivity contribution in [1.29, 1.82) is 0 Å². The number of rotatable bonds is 15. The molecule has 3 rings (SSSR count). The van der Waals surface area contributed by atoms with Crippen LogP contribution in [0, 0.1) is 0 Å².